The van der Waals surface area contributed by atoms with Gasteiger partial charge in [-0.25, -0.2) is 4.98 Å². The molecule has 0 saturated heterocycles. The lowest BCUT2D eigenvalue weighted by atomic mass is 9.86. The largest absolute Gasteiger partial charge is 0.454 e. The standard InChI is InChI=1S/C24H19NO3S/c1-15-22(26)18-11-12-19(28-24(18)21-23(15)27-14-25-21)17-9-5-6-10-20(17)29-13-16-7-3-2-4-8-16/h2-10,12,14-15H,11,13H2,1H3. The number of ether oxygens (including phenoxy) is 1. The summed E-state index contributed by atoms with van der Waals surface area (Å²) in [6.45, 7) is 1.85. The van der Waals surface area contributed by atoms with Crippen molar-refractivity contribution in [1.29, 1.82) is 0 Å². The summed E-state index contributed by atoms with van der Waals surface area (Å²) < 4.78 is 11.7. The molecule has 1 unspecified atom stereocenters. The summed E-state index contributed by atoms with van der Waals surface area (Å²) in [6.07, 6.45) is 3.92. The van der Waals surface area contributed by atoms with Crippen molar-refractivity contribution in [1.82, 2.24) is 4.98 Å². The first-order valence-electron chi connectivity index (χ1n) is 9.57. The number of fused-ring (bicyclic) bond motifs is 2. The maximum Gasteiger partial charge on any atom is 0.181 e. The van der Waals surface area contributed by atoms with Crippen molar-refractivity contribution in [3.8, 4) is 0 Å². The minimum absolute atomic E-state index is 0.0475. The van der Waals surface area contributed by atoms with Gasteiger partial charge in [-0.3, -0.25) is 4.79 Å². The summed E-state index contributed by atoms with van der Waals surface area (Å²) in [4.78, 5) is 18.2. The molecule has 1 aliphatic heterocycles. The third-order valence-corrected chi connectivity index (χ3v) is 6.41. The van der Waals surface area contributed by atoms with Gasteiger partial charge in [0.25, 0.3) is 0 Å². The van der Waals surface area contributed by atoms with Crippen LogP contribution in [0.3, 0.4) is 0 Å². The van der Waals surface area contributed by atoms with Gasteiger partial charge in [-0.1, -0.05) is 48.5 Å². The number of hydrogen-bond donors (Lipinski definition) is 0. The van der Waals surface area contributed by atoms with E-state index in [0.717, 1.165) is 22.0 Å². The zero-order valence-corrected chi connectivity index (χ0v) is 16.7. The summed E-state index contributed by atoms with van der Waals surface area (Å²) in [6, 6.07) is 18.6. The molecule has 144 valence electrons. The van der Waals surface area contributed by atoms with E-state index < -0.39 is 0 Å². The van der Waals surface area contributed by atoms with E-state index in [9.17, 15) is 4.79 Å². The smallest absolute Gasteiger partial charge is 0.181 e. The predicted octanol–water partition coefficient (Wildman–Crippen LogP) is 5.83. The zero-order chi connectivity index (χ0) is 19.8. The molecule has 2 aromatic carbocycles. The summed E-state index contributed by atoms with van der Waals surface area (Å²) >= 11 is 1.77. The van der Waals surface area contributed by atoms with Crippen LogP contribution in [0, 0.1) is 0 Å². The van der Waals surface area contributed by atoms with E-state index in [1.165, 1.54) is 12.0 Å². The molecule has 0 N–H and O–H groups in total. The lowest BCUT2D eigenvalue weighted by Gasteiger charge is -2.26. The average Bonchev–Trinajstić information content (AvgIpc) is 3.27. The van der Waals surface area contributed by atoms with Crippen molar-refractivity contribution in [2.45, 2.75) is 29.9 Å². The molecule has 0 amide bonds. The fourth-order valence-corrected chi connectivity index (χ4v) is 4.73. The van der Waals surface area contributed by atoms with E-state index in [4.69, 9.17) is 9.15 Å². The van der Waals surface area contributed by atoms with E-state index >= 15 is 0 Å². The number of ketones is 1. The number of rotatable bonds is 4. The van der Waals surface area contributed by atoms with E-state index in [0.29, 0.717) is 29.2 Å². The van der Waals surface area contributed by atoms with E-state index in [1.807, 2.05) is 31.2 Å². The number of aromatic nitrogens is 1. The van der Waals surface area contributed by atoms with Crippen molar-refractivity contribution in [2.24, 2.45) is 0 Å². The normalized spacial score (nSPS) is 18.0. The number of oxazole rings is 1. The summed E-state index contributed by atoms with van der Waals surface area (Å²) in [5, 5.41) is 0. The molecule has 29 heavy (non-hydrogen) atoms. The second-order valence-corrected chi connectivity index (χ2v) is 8.12. The monoisotopic (exact) mass is 401 g/mol. The average molecular weight is 401 g/mol. The van der Waals surface area contributed by atoms with Crippen molar-refractivity contribution in [2.75, 3.05) is 0 Å². The first kappa shape index (κ1) is 18.0. The number of thioether (sulfide) groups is 1. The van der Waals surface area contributed by atoms with Crippen LogP contribution in [0.4, 0.5) is 0 Å². The number of allylic oxidation sites excluding steroid dienone is 2. The third-order valence-electron chi connectivity index (χ3n) is 5.26. The van der Waals surface area contributed by atoms with Gasteiger partial charge in [-0.15, -0.1) is 11.8 Å². The van der Waals surface area contributed by atoms with Gasteiger partial charge in [0.05, 0.1) is 5.92 Å². The van der Waals surface area contributed by atoms with Gasteiger partial charge >= 0.3 is 0 Å². The molecule has 2 aliphatic rings. The number of hydrogen-bond acceptors (Lipinski definition) is 5. The van der Waals surface area contributed by atoms with Gasteiger partial charge in [0.2, 0.25) is 0 Å². The molecule has 1 atom stereocenters. The van der Waals surface area contributed by atoms with E-state index in [-0.39, 0.29) is 11.7 Å². The quantitative estimate of drug-likeness (QED) is 0.515. The van der Waals surface area contributed by atoms with Crippen LogP contribution in [0.1, 0.15) is 41.8 Å². The van der Waals surface area contributed by atoms with Crippen LogP contribution in [0.5, 0.6) is 0 Å². The van der Waals surface area contributed by atoms with Gasteiger partial charge in [-0.2, -0.15) is 0 Å². The number of carbonyl (C=O) groups excluding carboxylic acids is 1. The van der Waals surface area contributed by atoms with E-state index in [2.05, 4.69) is 41.4 Å². The second-order valence-electron chi connectivity index (χ2n) is 7.10. The molecule has 3 aromatic rings. The Morgan fingerprint density at radius 2 is 1.90 bits per heavy atom. The fourth-order valence-electron chi connectivity index (χ4n) is 3.71. The maximum absolute atomic E-state index is 12.7. The topological polar surface area (TPSA) is 52.3 Å². The first-order valence-corrected chi connectivity index (χ1v) is 10.6. The maximum atomic E-state index is 12.7. The van der Waals surface area contributed by atoms with Crippen molar-refractivity contribution < 1.29 is 13.9 Å². The molecule has 4 nitrogen and oxygen atoms in total. The minimum atomic E-state index is -0.321. The van der Waals surface area contributed by atoms with Crippen LogP contribution in [-0.4, -0.2) is 10.8 Å². The SMILES string of the molecule is CC1C(=O)C2=C(OC(c3ccccc3SCc3ccccc3)=CC2)c2ncoc21. The highest BCUT2D eigenvalue weighted by Gasteiger charge is 2.38. The molecule has 5 heteroatoms. The number of Topliss-reactive ketones (excluding diaryl/α,β-unsaturated/α-hetero) is 1. The van der Waals surface area contributed by atoms with Crippen molar-refractivity contribution in [3.63, 3.8) is 0 Å². The van der Waals surface area contributed by atoms with E-state index in [1.54, 1.807) is 11.8 Å². The van der Waals surface area contributed by atoms with Gasteiger partial charge in [0, 0.05) is 28.2 Å². The highest BCUT2D eigenvalue weighted by atomic mass is 32.2. The Balaban J connectivity index is 1.44. The van der Waals surface area contributed by atoms with Gasteiger partial charge < -0.3 is 9.15 Å². The summed E-state index contributed by atoms with van der Waals surface area (Å²) in [5.74, 6) is 2.49. The summed E-state index contributed by atoms with van der Waals surface area (Å²) in [7, 11) is 0. The predicted molar refractivity (Wildman–Crippen MR) is 113 cm³/mol. The third kappa shape index (κ3) is 3.21. The molecule has 5 rings (SSSR count). The number of nitrogens with zero attached hydrogens (tertiary/aromatic N) is 1. The lowest BCUT2D eigenvalue weighted by Crippen LogP contribution is -2.22. The Labute approximate surface area is 173 Å². The molecule has 0 radical (unpaired) electrons. The Morgan fingerprint density at radius 3 is 2.76 bits per heavy atom. The van der Waals surface area contributed by atoms with Crippen molar-refractivity contribution in [3.05, 3.63) is 95.2 Å². The Hall–Kier alpha value is -3.05. The number of benzene rings is 2. The van der Waals surface area contributed by atoms with Crippen LogP contribution in [0.15, 0.2) is 82.0 Å². The molecular weight excluding hydrogens is 382 g/mol. The molecule has 0 fully saturated rings. The molecule has 1 aliphatic carbocycles. The first-order chi connectivity index (χ1) is 14.2. The second kappa shape index (κ2) is 7.41. The van der Waals surface area contributed by atoms with Crippen LogP contribution in [0.2, 0.25) is 0 Å². The van der Waals surface area contributed by atoms with Crippen LogP contribution >= 0.6 is 11.8 Å². The molecule has 0 bridgehead atoms. The highest BCUT2D eigenvalue weighted by Crippen LogP contribution is 2.43. The van der Waals surface area contributed by atoms with Gasteiger partial charge in [-0.05, 0) is 24.6 Å². The Morgan fingerprint density at radius 1 is 1.10 bits per heavy atom. The zero-order valence-electron chi connectivity index (χ0n) is 15.9. The number of carbonyl (C=O) groups is 1. The Kier molecular flexibility index (Phi) is 4.60. The fraction of sp³-hybridized carbons (Fsp3) is 0.167. The van der Waals surface area contributed by atoms with Crippen LogP contribution in [-0.2, 0) is 15.3 Å². The molecule has 0 spiro atoms. The molecule has 2 heterocycles. The lowest BCUT2D eigenvalue weighted by molar-refractivity contribution is -0.117. The van der Waals surface area contributed by atoms with Gasteiger partial charge in [0.1, 0.15) is 17.2 Å². The molecular formula is C24H19NO3S. The summed E-state index contributed by atoms with van der Waals surface area (Å²) in [5.41, 5.74) is 3.62. The van der Waals surface area contributed by atoms with Crippen LogP contribution < -0.4 is 0 Å². The van der Waals surface area contributed by atoms with Crippen molar-refractivity contribution >= 4 is 29.1 Å². The molecule has 1 aromatic heterocycles. The highest BCUT2D eigenvalue weighted by molar-refractivity contribution is 7.98. The van der Waals surface area contributed by atoms with Crippen LogP contribution in [0.25, 0.3) is 11.5 Å². The molecule has 0 saturated carbocycles. The Bertz CT molecular complexity index is 1140. The minimum Gasteiger partial charge on any atom is -0.454 e. The van der Waals surface area contributed by atoms with Gasteiger partial charge in [0.15, 0.2) is 17.9 Å².